The second kappa shape index (κ2) is 4.61. The van der Waals surface area contributed by atoms with Gasteiger partial charge < -0.3 is 10.4 Å². The van der Waals surface area contributed by atoms with Crippen LogP contribution in [0.5, 0.6) is 0 Å². The Morgan fingerprint density at radius 1 is 1.38 bits per heavy atom. The smallest absolute Gasteiger partial charge is 0.320 e. The molecule has 0 aliphatic heterocycles. The third kappa shape index (κ3) is 6.58. The Morgan fingerprint density at radius 3 is 2.08 bits per heavy atom. The molecule has 0 aliphatic carbocycles. The number of aliphatic carboxylic acids is 1. The molecule has 0 aliphatic rings. The maximum atomic E-state index is 10.9. The van der Waals surface area contributed by atoms with Crippen LogP contribution in [0.15, 0.2) is 0 Å². The van der Waals surface area contributed by atoms with Crippen molar-refractivity contribution < 1.29 is 9.90 Å². The molecule has 0 aromatic rings. The number of hydrogen-bond donors (Lipinski definition) is 2. The molecule has 1 unspecified atom stereocenters. The minimum Gasteiger partial charge on any atom is -0.480 e. The van der Waals surface area contributed by atoms with Crippen LogP contribution in [0.2, 0.25) is 0 Å². The molecule has 0 heterocycles. The van der Waals surface area contributed by atoms with Crippen LogP contribution in [0.25, 0.3) is 0 Å². The Hall–Kier alpha value is -0.570. The lowest BCUT2D eigenvalue weighted by Crippen LogP contribution is -2.43. The molecule has 0 aromatic heterocycles. The van der Waals surface area contributed by atoms with E-state index in [9.17, 15) is 4.79 Å². The van der Waals surface area contributed by atoms with E-state index in [0.717, 1.165) is 0 Å². The standard InChI is InChI=1S/C10H21NO2/c1-7(2)11-8(9(12)13)6-10(3,4)5/h7-8,11H,6H2,1-5H3,(H,12,13). The van der Waals surface area contributed by atoms with Gasteiger partial charge in [-0.15, -0.1) is 0 Å². The van der Waals surface area contributed by atoms with Crippen molar-refractivity contribution in [1.29, 1.82) is 0 Å². The third-order valence-electron chi connectivity index (χ3n) is 1.65. The van der Waals surface area contributed by atoms with Gasteiger partial charge in [0, 0.05) is 6.04 Å². The van der Waals surface area contributed by atoms with Crippen LogP contribution in [0.4, 0.5) is 0 Å². The van der Waals surface area contributed by atoms with Gasteiger partial charge in [0.05, 0.1) is 0 Å². The van der Waals surface area contributed by atoms with Gasteiger partial charge in [0.25, 0.3) is 0 Å². The summed E-state index contributed by atoms with van der Waals surface area (Å²) in [6.07, 6.45) is 0.653. The van der Waals surface area contributed by atoms with Crippen LogP contribution in [-0.4, -0.2) is 23.2 Å². The zero-order valence-corrected chi connectivity index (χ0v) is 9.22. The molecular weight excluding hydrogens is 166 g/mol. The van der Waals surface area contributed by atoms with Gasteiger partial charge in [-0.25, -0.2) is 0 Å². The molecule has 0 rings (SSSR count). The number of carboxylic acids is 1. The lowest BCUT2D eigenvalue weighted by molar-refractivity contribution is -0.140. The molecule has 0 amide bonds. The minimum absolute atomic E-state index is 0.0466. The fourth-order valence-corrected chi connectivity index (χ4v) is 1.23. The number of carboxylic acid groups (broad SMARTS) is 1. The SMILES string of the molecule is CC(C)NC(CC(C)(C)C)C(=O)O. The molecule has 2 N–H and O–H groups in total. The summed E-state index contributed by atoms with van der Waals surface area (Å²) in [6.45, 7) is 10.1. The third-order valence-corrected chi connectivity index (χ3v) is 1.65. The predicted octanol–water partition coefficient (Wildman–Crippen LogP) is 1.87. The van der Waals surface area contributed by atoms with E-state index in [1.165, 1.54) is 0 Å². The lowest BCUT2D eigenvalue weighted by Gasteiger charge is -2.25. The Morgan fingerprint density at radius 2 is 1.85 bits per heavy atom. The normalized spacial score (nSPS) is 14.6. The van der Waals surface area contributed by atoms with Crippen LogP contribution >= 0.6 is 0 Å². The maximum Gasteiger partial charge on any atom is 0.320 e. The van der Waals surface area contributed by atoms with E-state index in [0.29, 0.717) is 6.42 Å². The van der Waals surface area contributed by atoms with Crippen molar-refractivity contribution >= 4 is 5.97 Å². The first-order valence-electron chi connectivity index (χ1n) is 4.71. The average molecular weight is 187 g/mol. The van der Waals surface area contributed by atoms with Gasteiger partial charge in [-0.1, -0.05) is 34.6 Å². The molecule has 78 valence electrons. The van der Waals surface area contributed by atoms with Crippen molar-refractivity contribution in [2.24, 2.45) is 5.41 Å². The Kier molecular flexibility index (Phi) is 4.40. The van der Waals surface area contributed by atoms with Gasteiger partial charge in [-0.05, 0) is 11.8 Å². The molecule has 3 heteroatoms. The van der Waals surface area contributed by atoms with Crippen molar-refractivity contribution in [2.75, 3.05) is 0 Å². The summed E-state index contributed by atoms with van der Waals surface area (Å²) >= 11 is 0. The van der Waals surface area contributed by atoms with E-state index < -0.39 is 12.0 Å². The van der Waals surface area contributed by atoms with Crippen LogP contribution in [0.3, 0.4) is 0 Å². The highest BCUT2D eigenvalue weighted by molar-refractivity contribution is 5.73. The fourth-order valence-electron chi connectivity index (χ4n) is 1.23. The molecule has 0 aromatic carbocycles. The number of hydrogen-bond acceptors (Lipinski definition) is 2. The summed E-state index contributed by atoms with van der Waals surface area (Å²) in [4.78, 5) is 10.9. The average Bonchev–Trinajstić information content (AvgIpc) is 1.81. The maximum absolute atomic E-state index is 10.9. The van der Waals surface area contributed by atoms with Crippen LogP contribution in [-0.2, 0) is 4.79 Å². The summed E-state index contributed by atoms with van der Waals surface area (Å²) in [5.41, 5.74) is 0.0466. The zero-order valence-electron chi connectivity index (χ0n) is 9.22. The molecule has 1 atom stereocenters. The first kappa shape index (κ1) is 12.4. The first-order valence-corrected chi connectivity index (χ1v) is 4.71. The van der Waals surface area contributed by atoms with E-state index >= 15 is 0 Å². The zero-order chi connectivity index (χ0) is 10.6. The van der Waals surface area contributed by atoms with Crippen LogP contribution < -0.4 is 5.32 Å². The molecule has 13 heavy (non-hydrogen) atoms. The second-order valence-corrected chi connectivity index (χ2v) is 4.98. The summed E-state index contributed by atoms with van der Waals surface area (Å²) in [5, 5.41) is 12.0. The topological polar surface area (TPSA) is 49.3 Å². The van der Waals surface area contributed by atoms with E-state index in [2.05, 4.69) is 5.32 Å². The highest BCUT2D eigenvalue weighted by atomic mass is 16.4. The summed E-state index contributed by atoms with van der Waals surface area (Å²) < 4.78 is 0. The molecule has 0 saturated heterocycles. The Bertz CT molecular complexity index is 170. The van der Waals surface area contributed by atoms with Gasteiger partial charge in [0.15, 0.2) is 0 Å². The van der Waals surface area contributed by atoms with Crippen molar-refractivity contribution in [3.8, 4) is 0 Å². The van der Waals surface area contributed by atoms with E-state index in [4.69, 9.17) is 5.11 Å². The number of rotatable bonds is 4. The largest absolute Gasteiger partial charge is 0.480 e. The molecule has 0 radical (unpaired) electrons. The van der Waals surface area contributed by atoms with Gasteiger partial charge in [-0.3, -0.25) is 4.79 Å². The van der Waals surface area contributed by atoms with Crippen LogP contribution in [0.1, 0.15) is 41.0 Å². The molecule has 3 nitrogen and oxygen atoms in total. The lowest BCUT2D eigenvalue weighted by atomic mass is 9.88. The minimum atomic E-state index is -0.761. The molecular formula is C10H21NO2. The van der Waals surface area contributed by atoms with Crippen molar-refractivity contribution in [3.05, 3.63) is 0 Å². The summed E-state index contributed by atoms with van der Waals surface area (Å²) in [5.74, 6) is -0.761. The quantitative estimate of drug-likeness (QED) is 0.706. The van der Waals surface area contributed by atoms with Crippen LogP contribution in [0, 0.1) is 5.41 Å². The van der Waals surface area contributed by atoms with Crippen molar-refractivity contribution in [2.45, 2.75) is 53.1 Å². The number of nitrogens with one attached hydrogen (secondary N) is 1. The van der Waals surface area contributed by atoms with E-state index in [1.807, 2.05) is 34.6 Å². The highest BCUT2D eigenvalue weighted by Crippen LogP contribution is 2.21. The molecule has 0 saturated carbocycles. The van der Waals surface area contributed by atoms with Crippen molar-refractivity contribution in [1.82, 2.24) is 5.32 Å². The molecule has 0 fully saturated rings. The van der Waals surface area contributed by atoms with Gasteiger partial charge >= 0.3 is 5.97 Å². The van der Waals surface area contributed by atoms with Gasteiger partial charge in [0.2, 0.25) is 0 Å². The first-order chi connectivity index (χ1) is 5.72. The predicted molar refractivity (Wildman–Crippen MR) is 53.8 cm³/mol. The highest BCUT2D eigenvalue weighted by Gasteiger charge is 2.24. The van der Waals surface area contributed by atoms with E-state index in [1.54, 1.807) is 0 Å². The number of carbonyl (C=O) groups is 1. The Balaban J connectivity index is 4.19. The van der Waals surface area contributed by atoms with Gasteiger partial charge in [-0.2, -0.15) is 0 Å². The molecule has 0 bridgehead atoms. The molecule has 0 spiro atoms. The van der Waals surface area contributed by atoms with E-state index in [-0.39, 0.29) is 11.5 Å². The Labute approximate surface area is 80.5 Å². The van der Waals surface area contributed by atoms with Crippen molar-refractivity contribution in [3.63, 3.8) is 0 Å². The van der Waals surface area contributed by atoms with Gasteiger partial charge in [0.1, 0.15) is 6.04 Å². The summed E-state index contributed by atoms with van der Waals surface area (Å²) in [6, 6.07) is -0.219. The summed E-state index contributed by atoms with van der Waals surface area (Å²) in [7, 11) is 0. The monoisotopic (exact) mass is 187 g/mol. The second-order valence-electron chi connectivity index (χ2n) is 4.98. The fraction of sp³-hybridized carbons (Fsp3) is 0.900.